The van der Waals surface area contributed by atoms with E-state index in [0.717, 1.165) is 5.06 Å². The Morgan fingerprint density at radius 1 is 1.44 bits per heavy atom. The number of carbonyl (C=O) groups excluding carboxylic acids is 1. The van der Waals surface area contributed by atoms with Crippen LogP contribution >= 0.6 is 0 Å². The first-order chi connectivity index (χ1) is 7.49. The van der Waals surface area contributed by atoms with Crippen molar-refractivity contribution in [2.75, 3.05) is 14.2 Å². The Hall–Kier alpha value is -1.49. The second-order valence-corrected chi connectivity index (χ2v) is 3.32. The van der Waals surface area contributed by atoms with Crippen LogP contribution in [0.15, 0.2) is 18.2 Å². The lowest BCUT2D eigenvalue weighted by Crippen LogP contribution is -2.26. The normalized spacial score (nSPS) is 10.6. The van der Waals surface area contributed by atoms with Gasteiger partial charge in [0.1, 0.15) is 0 Å². The zero-order valence-corrected chi connectivity index (χ0v) is 9.33. The molecule has 1 aromatic carbocycles. The molecule has 0 aliphatic carbocycles. The summed E-state index contributed by atoms with van der Waals surface area (Å²) in [5, 5.41) is 0.917. The van der Waals surface area contributed by atoms with Crippen LogP contribution in [-0.4, -0.2) is 25.1 Å². The average molecular weight is 229 g/mol. The van der Waals surface area contributed by atoms with Crippen molar-refractivity contribution in [3.8, 4) is 0 Å². The van der Waals surface area contributed by atoms with Crippen molar-refractivity contribution < 1.29 is 18.4 Å². The molecule has 3 nitrogen and oxygen atoms in total. The maximum Gasteiger partial charge on any atom is 0.277 e. The van der Waals surface area contributed by atoms with Gasteiger partial charge in [0.2, 0.25) is 0 Å². The minimum absolute atomic E-state index is 0.0284. The summed E-state index contributed by atoms with van der Waals surface area (Å²) in [4.78, 5) is 16.4. The number of amides is 1. The van der Waals surface area contributed by atoms with Gasteiger partial charge >= 0.3 is 0 Å². The largest absolute Gasteiger partial charge is 0.277 e. The fraction of sp³-hybridized carbons (Fsp3) is 0.364. The summed E-state index contributed by atoms with van der Waals surface area (Å²) in [5.74, 6) is -0.582. The molecular weight excluding hydrogens is 216 g/mol. The van der Waals surface area contributed by atoms with E-state index in [-0.39, 0.29) is 11.1 Å². The van der Waals surface area contributed by atoms with Crippen LogP contribution < -0.4 is 0 Å². The SMILES string of the molecule is CON(C)C(=O)c1cccc(C)c1C(F)F. The number of carbonyl (C=O) groups is 1. The van der Waals surface area contributed by atoms with E-state index < -0.39 is 12.3 Å². The van der Waals surface area contributed by atoms with Crippen LogP contribution in [-0.2, 0) is 4.84 Å². The number of hydrogen-bond donors (Lipinski definition) is 0. The summed E-state index contributed by atoms with van der Waals surface area (Å²) in [6, 6.07) is 4.48. The highest BCUT2D eigenvalue weighted by Gasteiger charge is 2.22. The number of halogens is 2. The minimum atomic E-state index is -2.68. The molecule has 16 heavy (non-hydrogen) atoms. The van der Waals surface area contributed by atoms with E-state index in [9.17, 15) is 13.6 Å². The minimum Gasteiger partial charge on any atom is -0.274 e. The van der Waals surface area contributed by atoms with Crippen LogP contribution in [0.5, 0.6) is 0 Å². The molecular formula is C11H13F2NO2. The summed E-state index contributed by atoms with van der Waals surface area (Å²) in [7, 11) is 2.68. The van der Waals surface area contributed by atoms with Gasteiger partial charge in [-0.05, 0) is 18.6 Å². The van der Waals surface area contributed by atoms with Gasteiger partial charge in [0.25, 0.3) is 12.3 Å². The Morgan fingerprint density at radius 3 is 2.56 bits per heavy atom. The van der Waals surface area contributed by atoms with Crippen LogP contribution in [0.4, 0.5) is 8.78 Å². The molecule has 0 bridgehead atoms. The van der Waals surface area contributed by atoms with Gasteiger partial charge in [-0.1, -0.05) is 12.1 Å². The number of alkyl halides is 2. The van der Waals surface area contributed by atoms with E-state index >= 15 is 0 Å². The van der Waals surface area contributed by atoms with Gasteiger partial charge in [-0.3, -0.25) is 9.63 Å². The van der Waals surface area contributed by atoms with Crippen molar-refractivity contribution in [1.82, 2.24) is 5.06 Å². The molecule has 0 N–H and O–H groups in total. The molecule has 0 saturated carbocycles. The third-order valence-corrected chi connectivity index (χ3v) is 2.33. The van der Waals surface area contributed by atoms with Gasteiger partial charge in [-0.15, -0.1) is 0 Å². The lowest BCUT2D eigenvalue weighted by Gasteiger charge is -2.17. The zero-order valence-electron chi connectivity index (χ0n) is 9.33. The molecule has 1 aromatic rings. The lowest BCUT2D eigenvalue weighted by molar-refractivity contribution is -0.0759. The van der Waals surface area contributed by atoms with Crippen molar-refractivity contribution in [2.24, 2.45) is 0 Å². The number of rotatable bonds is 3. The second-order valence-electron chi connectivity index (χ2n) is 3.32. The Bertz CT molecular complexity index is 394. The Kier molecular flexibility index (Phi) is 3.95. The van der Waals surface area contributed by atoms with E-state index in [2.05, 4.69) is 4.84 Å². The van der Waals surface area contributed by atoms with Gasteiger partial charge in [0.05, 0.1) is 12.7 Å². The Morgan fingerprint density at radius 2 is 2.06 bits per heavy atom. The van der Waals surface area contributed by atoms with E-state index in [1.54, 1.807) is 19.1 Å². The van der Waals surface area contributed by atoms with Gasteiger partial charge in [0.15, 0.2) is 0 Å². The molecule has 5 heteroatoms. The third-order valence-electron chi connectivity index (χ3n) is 2.33. The molecule has 88 valence electrons. The van der Waals surface area contributed by atoms with Crippen molar-refractivity contribution in [3.63, 3.8) is 0 Å². The molecule has 0 spiro atoms. The van der Waals surface area contributed by atoms with E-state index in [1.165, 1.54) is 20.2 Å². The van der Waals surface area contributed by atoms with Crippen molar-refractivity contribution >= 4 is 5.91 Å². The number of hydrogen-bond acceptors (Lipinski definition) is 2. The molecule has 0 atom stereocenters. The van der Waals surface area contributed by atoms with E-state index in [0.29, 0.717) is 5.56 Å². The summed E-state index contributed by atoms with van der Waals surface area (Å²) >= 11 is 0. The standard InChI is InChI=1S/C11H13F2NO2/c1-7-5-4-6-8(9(7)10(12)13)11(15)14(2)16-3/h4-6,10H,1-3H3. The van der Waals surface area contributed by atoms with Gasteiger partial charge in [-0.25, -0.2) is 13.8 Å². The number of nitrogens with zero attached hydrogens (tertiary/aromatic N) is 1. The van der Waals surface area contributed by atoms with Crippen molar-refractivity contribution in [1.29, 1.82) is 0 Å². The highest BCUT2D eigenvalue weighted by Crippen LogP contribution is 2.27. The van der Waals surface area contributed by atoms with Crippen LogP contribution in [0.3, 0.4) is 0 Å². The summed E-state index contributed by atoms with van der Waals surface area (Å²) in [5.41, 5.74) is 0.126. The quantitative estimate of drug-likeness (QED) is 0.745. The molecule has 0 unspecified atom stereocenters. The monoisotopic (exact) mass is 229 g/mol. The first kappa shape index (κ1) is 12.6. The van der Waals surface area contributed by atoms with E-state index in [4.69, 9.17) is 0 Å². The van der Waals surface area contributed by atoms with Crippen molar-refractivity contribution in [3.05, 3.63) is 34.9 Å². The Balaban J connectivity index is 3.23. The fourth-order valence-corrected chi connectivity index (χ4v) is 1.41. The summed E-state index contributed by atoms with van der Waals surface area (Å²) in [6.07, 6.45) is -2.68. The van der Waals surface area contributed by atoms with Crippen LogP contribution in [0.25, 0.3) is 0 Å². The maximum atomic E-state index is 12.8. The van der Waals surface area contributed by atoms with Crippen molar-refractivity contribution in [2.45, 2.75) is 13.3 Å². The first-order valence-corrected chi connectivity index (χ1v) is 4.68. The lowest BCUT2D eigenvalue weighted by atomic mass is 10.0. The van der Waals surface area contributed by atoms with Gasteiger partial charge in [-0.2, -0.15) is 0 Å². The van der Waals surface area contributed by atoms with Crippen LogP contribution in [0.2, 0.25) is 0 Å². The zero-order chi connectivity index (χ0) is 12.3. The van der Waals surface area contributed by atoms with Crippen LogP contribution in [0.1, 0.15) is 27.9 Å². The molecule has 0 fully saturated rings. The molecule has 0 aromatic heterocycles. The van der Waals surface area contributed by atoms with Gasteiger partial charge in [0, 0.05) is 12.6 Å². The molecule has 1 rings (SSSR count). The molecule has 0 saturated heterocycles. The smallest absolute Gasteiger partial charge is 0.274 e. The van der Waals surface area contributed by atoms with Crippen LogP contribution in [0, 0.1) is 6.92 Å². The first-order valence-electron chi connectivity index (χ1n) is 4.68. The highest BCUT2D eigenvalue weighted by molar-refractivity contribution is 5.95. The molecule has 1 amide bonds. The predicted molar refractivity (Wildman–Crippen MR) is 55.2 cm³/mol. The third kappa shape index (κ3) is 2.36. The average Bonchev–Trinajstić information content (AvgIpc) is 2.26. The summed E-state index contributed by atoms with van der Waals surface area (Å²) in [6.45, 7) is 1.55. The molecule has 0 heterocycles. The van der Waals surface area contributed by atoms with E-state index in [1.807, 2.05) is 0 Å². The highest BCUT2D eigenvalue weighted by atomic mass is 19.3. The topological polar surface area (TPSA) is 29.5 Å². The fourth-order valence-electron chi connectivity index (χ4n) is 1.41. The number of benzene rings is 1. The second kappa shape index (κ2) is 5.03. The molecule has 0 aliphatic rings. The molecule has 0 radical (unpaired) electrons. The maximum absolute atomic E-state index is 12.8. The molecule has 0 aliphatic heterocycles. The number of hydroxylamine groups is 2. The predicted octanol–water partition coefficient (Wildman–Crippen LogP) is 2.57. The summed E-state index contributed by atoms with van der Waals surface area (Å²) < 4.78 is 25.6. The van der Waals surface area contributed by atoms with Gasteiger partial charge < -0.3 is 0 Å². The Labute approximate surface area is 92.6 Å². The number of aryl methyl sites for hydroxylation is 1.